The predicted octanol–water partition coefficient (Wildman–Crippen LogP) is 3.19. The van der Waals surface area contributed by atoms with Crippen LogP contribution in [0.15, 0.2) is 28.7 Å². The molecule has 106 valence electrons. The molecule has 2 N–H and O–H groups in total. The van der Waals surface area contributed by atoms with Gasteiger partial charge >= 0.3 is 6.01 Å². The van der Waals surface area contributed by atoms with Crippen LogP contribution in [0.4, 0.5) is 11.7 Å². The number of aromatic nitrogens is 2. The van der Waals surface area contributed by atoms with Gasteiger partial charge in [-0.05, 0) is 36.5 Å². The zero-order valence-electron chi connectivity index (χ0n) is 11.9. The lowest BCUT2D eigenvalue weighted by atomic mass is 10.0. The number of anilines is 2. The monoisotopic (exact) mass is 272 g/mol. The molecule has 5 heteroatoms. The highest BCUT2D eigenvalue weighted by Crippen LogP contribution is 2.21. The fourth-order valence-electron chi connectivity index (χ4n) is 1.97. The van der Waals surface area contributed by atoms with Crippen LogP contribution in [0.1, 0.15) is 44.1 Å². The van der Waals surface area contributed by atoms with E-state index in [1.807, 2.05) is 12.1 Å². The summed E-state index contributed by atoms with van der Waals surface area (Å²) in [7, 11) is 0. The molecule has 1 saturated carbocycles. The van der Waals surface area contributed by atoms with Gasteiger partial charge in [0.25, 0.3) is 0 Å². The average molecular weight is 272 g/mol. The second-order valence-corrected chi connectivity index (χ2v) is 5.56. The molecular formula is C15H20N4O. The Hall–Kier alpha value is -1.88. The van der Waals surface area contributed by atoms with Crippen LogP contribution in [0.2, 0.25) is 0 Å². The molecule has 1 aromatic heterocycles. The number of benzene rings is 1. The van der Waals surface area contributed by atoms with E-state index in [4.69, 9.17) is 4.42 Å². The largest absolute Gasteiger partial charge is 0.406 e. The molecule has 1 fully saturated rings. The van der Waals surface area contributed by atoms with E-state index in [1.165, 1.54) is 18.4 Å². The predicted molar refractivity (Wildman–Crippen MR) is 78.0 cm³/mol. The third-order valence-electron chi connectivity index (χ3n) is 3.41. The van der Waals surface area contributed by atoms with E-state index < -0.39 is 0 Å². The molecule has 3 rings (SSSR count). The van der Waals surface area contributed by atoms with Crippen LogP contribution in [0.3, 0.4) is 0 Å². The fraction of sp³-hybridized carbons (Fsp3) is 0.467. The van der Waals surface area contributed by atoms with Gasteiger partial charge in [-0.3, -0.25) is 0 Å². The molecule has 2 aromatic rings. The Morgan fingerprint density at radius 1 is 1.20 bits per heavy atom. The van der Waals surface area contributed by atoms with Gasteiger partial charge in [-0.25, -0.2) is 0 Å². The lowest BCUT2D eigenvalue weighted by Gasteiger charge is -2.06. The summed E-state index contributed by atoms with van der Waals surface area (Å²) in [6.07, 6.45) is 2.50. The van der Waals surface area contributed by atoms with Crippen LogP contribution < -0.4 is 10.6 Å². The molecule has 0 atom stereocenters. The minimum Gasteiger partial charge on any atom is -0.406 e. The molecule has 1 aliphatic carbocycles. The third kappa shape index (κ3) is 3.36. The smallest absolute Gasteiger partial charge is 0.320 e. The van der Waals surface area contributed by atoms with Crippen LogP contribution in [-0.2, 0) is 6.54 Å². The maximum absolute atomic E-state index is 5.55. The molecule has 0 aliphatic heterocycles. The van der Waals surface area contributed by atoms with Crippen LogP contribution in [0.25, 0.3) is 0 Å². The van der Waals surface area contributed by atoms with E-state index in [0.717, 1.165) is 5.69 Å². The van der Waals surface area contributed by atoms with Crippen LogP contribution in [-0.4, -0.2) is 16.2 Å². The summed E-state index contributed by atoms with van der Waals surface area (Å²) in [4.78, 5) is 0. The van der Waals surface area contributed by atoms with Gasteiger partial charge in [0.1, 0.15) is 0 Å². The number of nitrogens with zero attached hydrogens (tertiary/aromatic N) is 2. The Bertz CT molecular complexity index is 558. The Morgan fingerprint density at radius 3 is 2.60 bits per heavy atom. The first-order chi connectivity index (χ1) is 9.70. The normalized spacial score (nSPS) is 14.8. The number of rotatable bonds is 6. The summed E-state index contributed by atoms with van der Waals surface area (Å²) in [5.41, 5.74) is 2.27. The first-order valence-electron chi connectivity index (χ1n) is 7.13. The van der Waals surface area contributed by atoms with E-state index >= 15 is 0 Å². The number of hydrogen-bond donors (Lipinski definition) is 2. The van der Waals surface area contributed by atoms with Crippen molar-refractivity contribution in [3.8, 4) is 0 Å². The number of hydrogen-bond acceptors (Lipinski definition) is 5. The molecule has 0 spiro atoms. The molecule has 5 nitrogen and oxygen atoms in total. The molecule has 0 bridgehead atoms. The third-order valence-corrected chi connectivity index (χ3v) is 3.41. The van der Waals surface area contributed by atoms with Gasteiger partial charge in [-0.15, -0.1) is 5.10 Å². The molecule has 0 amide bonds. The minimum atomic E-state index is 0.440. The average Bonchev–Trinajstić information content (AvgIpc) is 3.17. The van der Waals surface area contributed by atoms with Crippen LogP contribution in [0.5, 0.6) is 0 Å². The van der Waals surface area contributed by atoms with E-state index in [9.17, 15) is 0 Å². The molecule has 20 heavy (non-hydrogen) atoms. The van der Waals surface area contributed by atoms with Crippen molar-refractivity contribution in [3.05, 3.63) is 35.7 Å². The molecule has 1 aliphatic rings. The summed E-state index contributed by atoms with van der Waals surface area (Å²) in [6.45, 7) is 5.00. The molecule has 0 unspecified atom stereocenters. The van der Waals surface area contributed by atoms with Gasteiger partial charge in [0.05, 0.1) is 6.54 Å². The van der Waals surface area contributed by atoms with Crippen molar-refractivity contribution < 1.29 is 4.42 Å². The summed E-state index contributed by atoms with van der Waals surface area (Å²) in [6, 6.07) is 9.36. The molecule has 0 radical (unpaired) electrons. The maximum Gasteiger partial charge on any atom is 0.320 e. The molecule has 1 heterocycles. The Labute approximate surface area is 118 Å². The molecular weight excluding hydrogens is 252 g/mol. The van der Waals surface area contributed by atoms with Crippen molar-refractivity contribution in [2.24, 2.45) is 0 Å². The SMILES string of the molecule is CC(C)c1ccc(Nc2nnc(CNC3CC3)o2)cc1. The Morgan fingerprint density at radius 2 is 1.95 bits per heavy atom. The van der Waals surface area contributed by atoms with Gasteiger partial charge in [0.2, 0.25) is 5.89 Å². The lowest BCUT2D eigenvalue weighted by Crippen LogP contribution is -2.15. The van der Waals surface area contributed by atoms with Crippen molar-refractivity contribution >= 4 is 11.7 Å². The van der Waals surface area contributed by atoms with Crippen molar-refractivity contribution in [1.82, 2.24) is 15.5 Å². The second kappa shape index (κ2) is 5.63. The van der Waals surface area contributed by atoms with E-state index in [2.05, 4.69) is 46.8 Å². The molecule has 0 saturated heterocycles. The minimum absolute atomic E-state index is 0.440. The second-order valence-electron chi connectivity index (χ2n) is 5.56. The highest BCUT2D eigenvalue weighted by Gasteiger charge is 2.21. The van der Waals surface area contributed by atoms with E-state index in [0.29, 0.717) is 30.4 Å². The summed E-state index contributed by atoms with van der Waals surface area (Å²) >= 11 is 0. The van der Waals surface area contributed by atoms with Crippen molar-refractivity contribution in [2.45, 2.75) is 45.2 Å². The van der Waals surface area contributed by atoms with Crippen molar-refractivity contribution in [3.63, 3.8) is 0 Å². The zero-order valence-corrected chi connectivity index (χ0v) is 11.9. The standard InChI is InChI=1S/C15H20N4O/c1-10(2)11-3-5-13(6-4-11)17-15-19-18-14(20-15)9-16-12-7-8-12/h3-6,10,12,16H,7-9H2,1-2H3,(H,17,19). The zero-order chi connectivity index (χ0) is 13.9. The lowest BCUT2D eigenvalue weighted by molar-refractivity contribution is 0.478. The van der Waals surface area contributed by atoms with Gasteiger partial charge < -0.3 is 15.1 Å². The maximum atomic E-state index is 5.55. The highest BCUT2D eigenvalue weighted by molar-refractivity contribution is 5.52. The summed E-state index contributed by atoms with van der Waals surface area (Å²) < 4.78 is 5.55. The molecule has 1 aromatic carbocycles. The van der Waals surface area contributed by atoms with Gasteiger partial charge in [0.15, 0.2) is 0 Å². The quantitative estimate of drug-likeness (QED) is 0.845. The highest BCUT2D eigenvalue weighted by atomic mass is 16.4. The van der Waals surface area contributed by atoms with Crippen LogP contribution >= 0.6 is 0 Å². The number of nitrogens with one attached hydrogen (secondary N) is 2. The van der Waals surface area contributed by atoms with Crippen molar-refractivity contribution in [1.29, 1.82) is 0 Å². The van der Waals surface area contributed by atoms with Gasteiger partial charge in [-0.1, -0.05) is 31.1 Å². The van der Waals surface area contributed by atoms with E-state index in [1.54, 1.807) is 0 Å². The first-order valence-corrected chi connectivity index (χ1v) is 7.13. The summed E-state index contributed by atoms with van der Waals surface area (Å²) in [5.74, 6) is 1.16. The van der Waals surface area contributed by atoms with Crippen molar-refractivity contribution in [2.75, 3.05) is 5.32 Å². The van der Waals surface area contributed by atoms with Crippen LogP contribution in [0, 0.1) is 0 Å². The van der Waals surface area contributed by atoms with E-state index in [-0.39, 0.29) is 0 Å². The van der Waals surface area contributed by atoms with Gasteiger partial charge in [0, 0.05) is 11.7 Å². The topological polar surface area (TPSA) is 63.0 Å². The fourth-order valence-corrected chi connectivity index (χ4v) is 1.97. The van der Waals surface area contributed by atoms with Gasteiger partial charge in [-0.2, -0.15) is 0 Å². The Kier molecular flexibility index (Phi) is 3.69. The summed E-state index contributed by atoms with van der Waals surface area (Å²) in [5, 5.41) is 14.5. The first kappa shape index (κ1) is 13.1. The Balaban J connectivity index is 1.58.